The van der Waals surface area contributed by atoms with Gasteiger partial charge in [0.15, 0.2) is 0 Å². The molecule has 1 N–H and O–H groups in total. The van der Waals surface area contributed by atoms with Gasteiger partial charge in [0.25, 0.3) is 0 Å². The average Bonchev–Trinajstić information content (AvgIpc) is 2.79. The molecule has 0 aliphatic carbocycles. The fraction of sp³-hybridized carbons (Fsp3) is 0.458. The number of para-hydroxylation sites is 2. The minimum atomic E-state index is -0.497. The number of benzene rings is 2. The molecule has 1 aliphatic rings. The average molecular weight is 412 g/mol. The van der Waals surface area contributed by atoms with Crippen LogP contribution >= 0.6 is 0 Å². The van der Waals surface area contributed by atoms with Gasteiger partial charge in [0.05, 0.1) is 0 Å². The highest BCUT2D eigenvalue weighted by molar-refractivity contribution is 5.92. The molecular weight excluding hydrogens is 378 g/mol. The number of amides is 1. The van der Waals surface area contributed by atoms with Crippen molar-refractivity contribution in [1.29, 1.82) is 0 Å². The summed E-state index contributed by atoms with van der Waals surface area (Å²) in [6, 6.07) is 19.3. The molecule has 1 aliphatic heterocycles. The van der Waals surface area contributed by atoms with Gasteiger partial charge in [-0.05, 0) is 37.2 Å². The van der Waals surface area contributed by atoms with Crippen molar-refractivity contribution in [3.05, 3.63) is 60.7 Å². The molecule has 162 valence electrons. The number of hydrogen-bond donors (Lipinski definition) is 1. The molecule has 0 bridgehead atoms. The standard InChI is InChI=1S/C24H33N3O3/c1-25(21-9-4-2-5-10-21)24(29)13-8-14-26-15-17-27(18-16-26)19-22(28)20-30-23-11-6-3-7-12-23/h2-7,9-12,22,28H,8,13-20H2,1H3. The highest BCUT2D eigenvalue weighted by atomic mass is 16.5. The molecule has 1 atom stereocenters. The van der Waals surface area contributed by atoms with Crippen molar-refractivity contribution in [1.82, 2.24) is 9.80 Å². The number of anilines is 1. The summed E-state index contributed by atoms with van der Waals surface area (Å²) in [5.74, 6) is 0.940. The van der Waals surface area contributed by atoms with Gasteiger partial charge in [-0.15, -0.1) is 0 Å². The van der Waals surface area contributed by atoms with Crippen molar-refractivity contribution in [3.63, 3.8) is 0 Å². The Morgan fingerprint density at radius 2 is 1.60 bits per heavy atom. The van der Waals surface area contributed by atoms with E-state index in [2.05, 4.69) is 9.80 Å². The number of aliphatic hydroxyl groups excluding tert-OH is 1. The number of β-amino-alcohol motifs (C(OH)–C–C–N with tert-alkyl or cyclic N) is 1. The van der Waals surface area contributed by atoms with E-state index >= 15 is 0 Å². The van der Waals surface area contributed by atoms with Gasteiger partial charge in [-0.2, -0.15) is 0 Å². The van der Waals surface area contributed by atoms with E-state index in [4.69, 9.17) is 4.74 Å². The third-order valence-electron chi connectivity index (χ3n) is 5.50. The molecule has 1 saturated heterocycles. The van der Waals surface area contributed by atoms with Gasteiger partial charge < -0.3 is 19.6 Å². The van der Waals surface area contributed by atoms with Crippen LogP contribution in [0.4, 0.5) is 5.69 Å². The largest absolute Gasteiger partial charge is 0.491 e. The monoisotopic (exact) mass is 411 g/mol. The summed E-state index contributed by atoms with van der Waals surface area (Å²) in [6.07, 6.45) is 0.924. The normalized spacial score (nSPS) is 16.2. The number of nitrogens with zero attached hydrogens (tertiary/aromatic N) is 3. The summed E-state index contributed by atoms with van der Waals surface area (Å²) >= 11 is 0. The maximum atomic E-state index is 12.4. The number of carbonyl (C=O) groups is 1. The molecule has 0 aromatic heterocycles. The van der Waals surface area contributed by atoms with Gasteiger partial charge in [0.2, 0.25) is 5.91 Å². The lowest BCUT2D eigenvalue weighted by Crippen LogP contribution is -2.49. The number of rotatable bonds is 10. The predicted molar refractivity (Wildman–Crippen MR) is 120 cm³/mol. The molecule has 2 aromatic rings. The zero-order valence-corrected chi connectivity index (χ0v) is 17.8. The molecule has 1 unspecified atom stereocenters. The molecular formula is C24H33N3O3. The van der Waals surface area contributed by atoms with Crippen molar-refractivity contribution in [2.75, 3.05) is 57.8 Å². The Balaban J connectivity index is 1.28. The second kappa shape index (κ2) is 11.7. The molecule has 30 heavy (non-hydrogen) atoms. The van der Waals surface area contributed by atoms with E-state index in [1.807, 2.05) is 67.7 Å². The maximum Gasteiger partial charge on any atom is 0.226 e. The molecule has 2 aromatic carbocycles. The first kappa shape index (κ1) is 22.3. The van der Waals surface area contributed by atoms with Crippen LogP contribution < -0.4 is 9.64 Å². The second-order valence-corrected chi connectivity index (χ2v) is 7.81. The lowest BCUT2D eigenvalue weighted by Gasteiger charge is -2.35. The van der Waals surface area contributed by atoms with Crippen LogP contribution in [-0.2, 0) is 4.79 Å². The molecule has 1 fully saturated rings. The zero-order valence-electron chi connectivity index (χ0n) is 17.8. The summed E-state index contributed by atoms with van der Waals surface area (Å²) in [7, 11) is 1.84. The first-order valence-electron chi connectivity index (χ1n) is 10.7. The summed E-state index contributed by atoms with van der Waals surface area (Å²) in [4.78, 5) is 18.8. The smallest absolute Gasteiger partial charge is 0.226 e. The van der Waals surface area contributed by atoms with E-state index < -0.39 is 6.10 Å². The van der Waals surface area contributed by atoms with Gasteiger partial charge in [-0.25, -0.2) is 0 Å². The Morgan fingerprint density at radius 1 is 1.00 bits per heavy atom. The number of carbonyl (C=O) groups excluding carboxylic acids is 1. The molecule has 1 amide bonds. The molecule has 6 nitrogen and oxygen atoms in total. The maximum absolute atomic E-state index is 12.4. The van der Waals surface area contributed by atoms with E-state index in [0.29, 0.717) is 19.6 Å². The van der Waals surface area contributed by atoms with Crippen LogP contribution in [0.1, 0.15) is 12.8 Å². The molecule has 0 radical (unpaired) electrons. The lowest BCUT2D eigenvalue weighted by molar-refractivity contribution is -0.118. The number of hydrogen-bond acceptors (Lipinski definition) is 5. The van der Waals surface area contributed by atoms with Crippen LogP contribution in [-0.4, -0.2) is 79.8 Å². The molecule has 1 heterocycles. The van der Waals surface area contributed by atoms with Gasteiger partial charge in [-0.3, -0.25) is 9.69 Å². The Morgan fingerprint density at radius 3 is 2.27 bits per heavy atom. The Bertz CT molecular complexity index is 749. The number of piperazine rings is 1. The summed E-state index contributed by atoms with van der Waals surface area (Å²) < 4.78 is 5.63. The summed E-state index contributed by atoms with van der Waals surface area (Å²) in [5.41, 5.74) is 0.936. The molecule has 6 heteroatoms. The van der Waals surface area contributed by atoms with Crippen molar-refractivity contribution < 1.29 is 14.6 Å². The van der Waals surface area contributed by atoms with E-state index in [1.54, 1.807) is 4.90 Å². The van der Waals surface area contributed by atoms with Crippen LogP contribution in [0, 0.1) is 0 Å². The minimum Gasteiger partial charge on any atom is -0.491 e. The summed E-state index contributed by atoms with van der Waals surface area (Å²) in [6.45, 7) is 5.66. The molecule has 0 spiro atoms. The van der Waals surface area contributed by atoms with E-state index in [-0.39, 0.29) is 5.91 Å². The third kappa shape index (κ3) is 7.13. The van der Waals surface area contributed by atoms with Crippen LogP contribution in [0.25, 0.3) is 0 Å². The van der Waals surface area contributed by atoms with Crippen molar-refractivity contribution in [2.45, 2.75) is 18.9 Å². The van der Waals surface area contributed by atoms with Crippen molar-refractivity contribution in [3.8, 4) is 5.75 Å². The minimum absolute atomic E-state index is 0.154. The van der Waals surface area contributed by atoms with Crippen molar-refractivity contribution in [2.24, 2.45) is 0 Å². The Hall–Kier alpha value is -2.41. The van der Waals surface area contributed by atoms with E-state index in [1.165, 1.54) is 0 Å². The van der Waals surface area contributed by atoms with Gasteiger partial charge in [-0.1, -0.05) is 36.4 Å². The Labute approximate surface area is 179 Å². The SMILES string of the molecule is CN(C(=O)CCCN1CCN(CC(O)COc2ccccc2)CC1)c1ccccc1. The van der Waals surface area contributed by atoms with Crippen LogP contribution in [0.2, 0.25) is 0 Å². The topological polar surface area (TPSA) is 56.3 Å². The third-order valence-corrected chi connectivity index (χ3v) is 5.50. The molecule has 0 saturated carbocycles. The predicted octanol–water partition coefficient (Wildman–Crippen LogP) is 2.49. The first-order chi connectivity index (χ1) is 14.6. The first-order valence-corrected chi connectivity index (χ1v) is 10.7. The fourth-order valence-corrected chi connectivity index (χ4v) is 3.67. The Kier molecular flexibility index (Phi) is 8.68. The summed E-state index contributed by atoms with van der Waals surface area (Å²) in [5, 5.41) is 10.3. The van der Waals surface area contributed by atoms with Crippen LogP contribution in [0.5, 0.6) is 5.75 Å². The van der Waals surface area contributed by atoms with Gasteiger partial charge in [0, 0.05) is 51.9 Å². The van der Waals surface area contributed by atoms with Crippen molar-refractivity contribution >= 4 is 11.6 Å². The fourth-order valence-electron chi connectivity index (χ4n) is 3.67. The van der Waals surface area contributed by atoms with Gasteiger partial charge >= 0.3 is 0 Å². The highest BCUT2D eigenvalue weighted by Gasteiger charge is 2.20. The lowest BCUT2D eigenvalue weighted by atomic mass is 10.2. The number of aliphatic hydroxyl groups is 1. The quantitative estimate of drug-likeness (QED) is 0.651. The van der Waals surface area contributed by atoms with E-state index in [9.17, 15) is 9.90 Å². The van der Waals surface area contributed by atoms with Crippen LogP contribution in [0.3, 0.4) is 0 Å². The van der Waals surface area contributed by atoms with Crippen LogP contribution in [0.15, 0.2) is 60.7 Å². The van der Waals surface area contributed by atoms with E-state index in [0.717, 1.165) is 50.6 Å². The van der Waals surface area contributed by atoms with Gasteiger partial charge in [0.1, 0.15) is 18.5 Å². The zero-order chi connectivity index (χ0) is 21.2. The second-order valence-electron chi connectivity index (χ2n) is 7.81. The molecule has 3 rings (SSSR count). The highest BCUT2D eigenvalue weighted by Crippen LogP contribution is 2.13. The number of ether oxygens (including phenoxy) is 1.